The van der Waals surface area contributed by atoms with Crippen LogP contribution in [0.4, 0.5) is 5.69 Å². The largest absolute Gasteiger partial charge is 0.464 e. The number of nitrogens with zero attached hydrogens (tertiary/aromatic N) is 3. The lowest BCUT2D eigenvalue weighted by molar-refractivity contribution is -0.132. The summed E-state index contributed by atoms with van der Waals surface area (Å²) in [6, 6.07) is 7.89. The second-order valence-electron chi connectivity index (χ2n) is 5.83. The Bertz CT molecular complexity index is 804. The first kappa shape index (κ1) is 17.9. The SMILES string of the molecule is COC(=O)C1=NN(c2ccc(C)cc2)[C@]2(S1)SC(C(C)=O)=C(C)N2C. The maximum atomic E-state index is 12.1. The Morgan fingerprint density at radius 2 is 1.80 bits per heavy atom. The van der Waals surface area contributed by atoms with E-state index in [2.05, 4.69) is 5.10 Å². The van der Waals surface area contributed by atoms with Crippen LogP contribution in [-0.4, -0.2) is 40.2 Å². The van der Waals surface area contributed by atoms with E-state index in [0.29, 0.717) is 4.91 Å². The van der Waals surface area contributed by atoms with Crippen LogP contribution in [0.15, 0.2) is 40.0 Å². The molecule has 25 heavy (non-hydrogen) atoms. The highest BCUT2D eigenvalue weighted by atomic mass is 32.2. The molecule has 2 aliphatic rings. The number of methoxy groups -OCH3 is 1. The first-order valence-electron chi connectivity index (χ1n) is 7.67. The molecule has 1 aromatic carbocycles. The van der Waals surface area contributed by atoms with Crippen LogP contribution >= 0.6 is 23.5 Å². The number of hydrogen-bond donors (Lipinski definition) is 0. The van der Waals surface area contributed by atoms with E-state index in [1.54, 1.807) is 11.9 Å². The quantitative estimate of drug-likeness (QED) is 0.750. The van der Waals surface area contributed by atoms with E-state index in [9.17, 15) is 9.59 Å². The number of rotatable bonds is 3. The van der Waals surface area contributed by atoms with Crippen molar-refractivity contribution in [2.75, 3.05) is 19.2 Å². The molecule has 0 aliphatic carbocycles. The van der Waals surface area contributed by atoms with E-state index >= 15 is 0 Å². The predicted molar refractivity (Wildman–Crippen MR) is 102 cm³/mol. The van der Waals surface area contributed by atoms with Crippen molar-refractivity contribution in [2.24, 2.45) is 5.10 Å². The average molecular weight is 377 g/mol. The van der Waals surface area contributed by atoms with Crippen LogP contribution in [0.1, 0.15) is 19.4 Å². The molecule has 3 rings (SSSR count). The molecule has 0 unspecified atom stereocenters. The molecule has 0 bridgehead atoms. The van der Waals surface area contributed by atoms with Crippen LogP contribution in [0.25, 0.3) is 0 Å². The molecule has 1 atom stereocenters. The van der Waals surface area contributed by atoms with Gasteiger partial charge in [-0.3, -0.25) is 4.79 Å². The van der Waals surface area contributed by atoms with Crippen LogP contribution in [0.2, 0.25) is 0 Å². The molecule has 0 radical (unpaired) electrons. The number of esters is 1. The van der Waals surface area contributed by atoms with Gasteiger partial charge in [-0.1, -0.05) is 29.5 Å². The van der Waals surface area contributed by atoms with Crippen molar-refractivity contribution in [2.45, 2.75) is 25.1 Å². The van der Waals surface area contributed by atoms with Gasteiger partial charge in [-0.2, -0.15) is 5.10 Å². The number of Topliss-reactive ketones (excluding diaryl/α,β-unsaturated/α-hetero) is 1. The zero-order valence-electron chi connectivity index (χ0n) is 14.7. The van der Waals surface area contributed by atoms with Gasteiger partial charge in [0.05, 0.1) is 17.7 Å². The van der Waals surface area contributed by atoms with Crippen LogP contribution in [-0.2, 0) is 14.3 Å². The summed E-state index contributed by atoms with van der Waals surface area (Å²) in [5.41, 5.74) is 2.84. The Hall–Kier alpha value is -1.93. The maximum absolute atomic E-state index is 12.1. The van der Waals surface area contributed by atoms with Gasteiger partial charge in [-0.25, -0.2) is 9.80 Å². The average Bonchev–Trinajstić information content (AvgIpc) is 3.09. The number of ketones is 1. The van der Waals surface area contributed by atoms with Gasteiger partial charge in [0, 0.05) is 12.7 Å². The summed E-state index contributed by atoms with van der Waals surface area (Å²) in [5, 5.41) is 6.56. The first-order chi connectivity index (χ1) is 11.8. The van der Waals surface area contributed by atoms with Gasteiger partial charge in [-0.15, -0.1) is 0 Å². The third-order valence-electron chi connectivity index (χ3n) is 4.14. The fourth-order valence-corrected chi connectivity index (χ4v) is 5.56. The lowest BCUT2D eigenvalue weighted by Crippen LogP contribution is -2.47. The Morgan fingerprint density at radius 1 is 1.16 bits per heavy atom. The molecule has 0 saturated heterocycles. The molecule has 0 aromatic heterocycles. The van der Waals surface area contributed by atoms with Gasteiger partial charge < -0.3 is 9.64 Å². The van der Waals surface area contributed by atoms with Crippen molar-refractivity contribution < 1.29 is 14.3 Å². The monoisotopic (exact) mass is 377 g/mol. The van der Waals surface area contributed by atoms with Gasteiger partial charge in [0.1, 0.15) is 0 Å². The molecule has 0 N–H and O–H groups in total. The molecule has 1 spiro atoms. The van der Waals surface area contributed by atoms with E-state index in [-0.39, 0.29) is 10.8 Å². The Labute approximate surface area is 155 Å². The Balaban J connectivity index is 2.08. The van der Waals surface area contributed by atoms with Gasteiger partial charge in [0.25, 0.3) is 0 Å². The van der Waals surface area contributed by atoms with Crippen LogP contribution in [0.3, 0.4) is 0 Å². The summed E-state index contributed by atoms with van der Waals surface area (Å²) in [6.45, 7) is 5.47. The fourth-order valence-electron chi connectivity index (χ4n) is 2.66. The lowest BCUT2D eigenvalue weighted by atomic mass is 10.2. The van der Waals surface area contributed by atoms with E-state index in [1.165, 1.54) is 30.6 Å². The van der Waals surface area contributed by atoms with Gasteiger partial charge in [0.2, 0.25) is 9.37 Å². The van der Waals surface area contributed by atoms with E-state index < -0.39 is 10.3 Å². The number of hydrazone groups is 1. The minimum Gasteiger partial charge on any atom is -0.464 e. The Kier molecular flexibility index (Phi) is 4.59. The molecule has 132 valence electrons. The number of carbonyl (C=O) groups is 2. The summed E-state index contributed by atoms with van der Waals surface area (Å²) >= 11 is 2.70. The molecule has 0 fully saturated rings. The number of allylic oxidation sites excluding steroid dienone is 2. The molecule has 6 nitrogen and oxygen atoms in total. The number of carbonyl (C=O) groups excluding carboxylic acids is 2. The molecule has 0 amide bonds. The van der Waals surface area contributed by atoms with Crippen LogP contribution in [0.5, 0.6) is 0 Å². The third kappa shape index (κ3) is 2.83. The summed E-state index contributed by atoms with van der Waals surface area (Å²) in [5.74, 6) is -0.482. The van der Waals surface area contributed by atoms with Crippen molar-refractivity contribution in [1.29, 1.82) is 0 Å². The molecule has 1 aromatic rings. The highest BCUT2D eigenvalue weighted by Crippen LogP contribution is 2.58. The molecule has 8 heteroatoms. The zero-order valence-corrected chi connectivity index (χ0v) is 16.3. The summed E-state index contributed by atoms with van der Waals surface area (Å²) < 4.78 is 4.09. The van der Waals surface area contributed by atoms with E-state index in [1.807, 2.05) is 50.1 Å². The van der Waals surface area contributed by atoms with Crippen molar-refractivity contribution in [3.05, 3.63) is 40.4 Å². The molecular formula is C17H19N3O3S2. The van der Waals surface area contributed by atoms with Crippen molar-refractivity contribution in [3.8, 4) is 0 Å². The second-order valence-corrected chi connectivity index (χ2v) is 8.43. The highest BCUT2D eigenvalue weighted by molar-refractivity contribution is 8.28. The summed E-state index contributed by atoms with van der Waals surface area (Å²) in [6.07, 6.45) is 0. The minimum absolute atomic E-state index is 0.00204. The lowest BCUT2D eigenvalue weighted by Gasteiger charge is -2.39. The van der Waals surface area contributed by atoms with Gasteiger partial charge >= 0.3 is 5.97 Å². The zero-order chi connectivity index (χ0) is 18.4. The van der Waals surface area contributed by atoms with Crippen LogP contribution < -0.4 is 5.01 Å². The van der Waals surface area contributed by atoms with Crippen LogP contribution in [0, 0.1) is 6.92 Å². The van der Waals surface area contributed by atoms with Crippen molar-refractivity contribution >= 4 is 46.0 Å². The van der Waals surface area contributed by atoms with Crippen molar-refractivity contribution in [3.63, 3.8) is 0 Å². The minimum atomic E-state index is -0.760. The maximum Gasteiger partial charge on any atom is 0.365 e. The number of thioether (sulfide) groups is 2. The fraction of sp³-hybridized carbons (Fsp3) is 0.353. The molecule has 2 aliphatic heterocycles. The number of benzene rings is 1. The van der Waals surface area contributed by atoms with E-state index in [4.69, 9.17) is 4.74 Å². The smallest absolute Gasteiger partial charge is 0.365 e. The highest BCUT2D eigenvalue weighted by Gasteiger charge is 2.55. The Morgan fingerprint density at radius 3 is 2.32 bits per heavy atom. The second kappa shape index (κ2) is 6.42. The first-order valence-corrected chi connectivity index (χ1v) is 9.31. The number of ether oxygens (including phenoxy) is 1. The van der Waals surface area contributed by atoms with E-state index in [0.717, 1.165) is 16.9 Å². The third-order valence-corrected chi connectivity index (χ3v) is 7.29. The summed E-state index contributed by atoms with van der Waals surface area (Å²) in [4.78, 5) is 26.8. The summed E-state index contributed by atoms with van der Waals surface area (Å²) in [7, 11) is 3.24. The topological polar surface area (TPSA) is 62.2 Å². The number of hydrogen-bond acceptors (Lipinski definition) is 8. The molecule has 2 heterocycles. The van der Waals surface area contributed by atoms with Gasteiger partial charge in [0.15, 0.2) is 5.78 Å². The van der Waals surface area contributed by atoms with Crippen molar-refractivity contribution in [1.82, 2.24) is 4.90 Å². The number of anilines is 1. The standard InChI is InChI=1S/C17H19N3O3S2/c1-10-6-8-13(9-7-10)20-17(25-15(18-20)16(22)23-5)19(4)11(2)14(24-17)12(3)21/h6-9H,1-5H3/t17-/m0/s1. The molecule has 0 saturated carbocycles. The number of aryl methyl sites for hydroxylation is 1. The molecular weight excluding hydrogens is 358 g/mol. The predicted octanol–water partition coefficient (Wildman–Crippen LogP) is 3.15. The van der Waals surface area contributed by atoms with Gasteiger partial charge in [-0.05, 0) is 44.7 Å². The normalized spacial score (nSPS) is 22.7.